The fourth-order valence-electron chi connectivity index (χ4n) is 6.62. The lowest BCUT2D eigenvalue weighted by Gasteiger charge is -2.27. The average molecular weight is 596 g/mol. The summed E-state index contributed by atoms with van der Waals surface area (Å²) in [5.41, 5.74) is 6.81. The first-order chi connectivity index (χ1) is 21.5. The molecule has 2 aromatic heterocycles. The fourth-order valence-corrected chi connectivity index (χ4v) is 6.62. The highest BCUT2D eigenvalue weighted by atomic mass is 16.5. The van der Waals surface area contributed by atoms with Crippen molar-refractivity contribution in [1.82, 2.24) is 24.3 Å². The zero-order valence-corrected chi connectivity index (χ0v) is 25.2. The quantitative estimate of drug-likeness (QED) is 0.369. The van der Waals surface area contributed by atoms with Crippen molar-refractivity contribution in [1.29, 1.82) is 0 Å². The Balaban J connectivity index is 1.32. The van der Waals surface area contributed by atoms with Crippen molar-refractivity contribution >= 4 is 11.7 Å². The molecule has 7 rings (SSSR count). The van der Waals surface area contributed by atoms with Crippen molar-refractivity contribution in [3.05, 3.63) is 82.4 Å². The third kappa shape index (κ3) is 5.39. The molecule has 1 N–H and O–H groups in total. The van der Waals surface area contributed by atoms with Crippen LogP contribution in [0.2, 0.25) is 0 Å². The number of imidazole rings is 1. The number of aromatic nitrogens is 3. The van der Waals surface area contributed by atoms with Crippen LogP contribution in [0.4, 0.5) is 0 Å². The summed E-state index contributed by atoms with van der Waals surface area (Å²) >= 11 is 0. The van der Waals surface area contributed by atoms with Crippen LogP contribution in [-0.4, -0.2) is 82.6 Å². The number of nitrogens with one attached hydrogen (secondary N) is 1. The number of H-pyrrole nitrogens is 1. The van der Waals surface area contributed by atoms with Crippen molar-refractivity contribution < 1.29 is 23.8 Å². The van der Waals surface area contributed by atoms with E-state index in [0.717, 1.165) is 85.1 Å². The number of carbonyl (C=O) groups excluding carboxylic acids is 2. The van der Waals surface area contributed by atoms with E-state index in [1.54, 1.807) is 13.3 Å². The second-order valence-corrected chi connectivity index (χ2v) is 11.7. The Bertz CT molecular complexity index is 1720. The monoisotopic (exact) mass is 595 g/mol. The molecule has 0 saturated carbocycles. The number of hydrogen-bond acceptors (Lipinski definition) is 7. The van der Waals surface area contributed by atoms with Crippen LogP contribution in [0.15, 0.2) is 48.8 Å². The van der Waals surface area contributed by atoms with Crippen LogP contribution >= 0.6 is 0 Å². The summed E-state index contributed by atoms with van der Waals surface area (Å²) in [6.45, 7) is 6.84. The molecule has 44 heavy (non-hydrogen) atoms. The molecular formula is C34H37N5O5. The summed E-state index contributed by atoms with van der Waals surface area (Å²) in [7, 11) is 1.62. The lowest BCUT2D eigenvalue weighted by molar-refractivity contribution is 0.0341. The van der Waals surface area contributed by atoms with Crippen molar-refractivity contribution in [2.75, 3.05) is 46.6 Å². The van der Waals surface area contributed by atoms with Gasteiger partial charge in [0.1, 0.15) is 18.1 Å². The highest BCUT2D eigenvalue weighted by Gasteiger charge is 2.29. The summed E-state index contributed by atoms with van der Waals surface area (Å²) in [6, 6.07) is 12.3. The van der Waals surface area contributed by atoms with E-state index in [9.17, 15) is 9.59 Å². The van der Waals surface area contributed by atoms with E-state index >= 15 is 0 Å². The molecule has 4 aromatic rings. The molecular weight excluding hydrogens is 558 g/mol. The molecule has 1 amide bonds. The number of nitrogens with zero attached hydrogens (tertiary/aromatic N) is 4. The molecule has 1 saturated heterocycles. The molecule has 1 aliphatic carbocycles. The number of rotatable bonds is 4. The van der Waals surface area contributed by atoms with Gasteiger partial charge in [-0.3, -0.25) is 19.1 Å². The number of aromatic amines is 1. The third-order valence-corrected chi connectivity index (χ3v) is 8.82. The van der Waals surface area contributed by atoms with Crippen molar-refractivity contribution in [2.24, 2.45) is 0 Å². The Labute approximate surface area is 256 Å². The molecule has 0 atom stereocenters. The summed E-state index contributed by atoms with van der Waals surface area (Å²) < 4.78 is 19.5. The topological polar surface area (TPSA) is 102 Å². The maximum Gasteiger partial charge on any atom is 0.270 e. The average Bonchev–Trinajstić information content (AvgIpc) is 3.66. The van der Waals surface area contributed by atoms with Gasteiger partial charge >= 0.3 is 0 Å². The fraction of sp³-hybridized carbons (Fsp3) is 0.382. The number of fused-ring (bicyclic) bond motifs is 8. The number of ketones is 1. The minimum Gasteiger partial charge on any atom is -0.493 e. The van der Waals surface area contributed by atoms with Crippen LogP contribution in [-0.2, 0) is 24.2 Å². The molecule has 0 unspecified atom stereocenters. The number of hydrogen-bond donors (Lipinski definition) is 1. The number of Topliss-reactive ketones (excluding diaryl/α,β-unsaturated/α-hetero) is 1. The van der Waals surface area contributed by atoms with E-state index in [0.29, 0.717) is 42.3 Å². The molecule has 4 heterocycles. The van der Waals surface area contributed by atoms with Crippen LogP contribution in [0, 0.1) is 6.92 Å². The molecule has 0 spiro atoms. The first kappa shape index (κ1) is 28.4. The molecule has 0 radical (unpaired) electrons. The van der Waals surface area contributed by atoms with E-state index in [2.05, 4.69) is 32.7 Å². The molecule has 10 heteroatoms. The standard InChI is InChI=1S/C34H37N5O5/c1-22-31-27(4-3-5-28(31)40)36-32(22)34(41)38-12-15-44-30-19-25(6-7-29(30)42-2)33-35-8-9-39(33)26-17-23(16-24(18-26)21-38)20-37-10-13-43-14-11-37/h6-9,16-19,36H,3-5,10-15,20-21H2,1-2H3. The van der Waals surface area contributed by atoms with E-state index in [1.165, 1.54) is 0 Å². The Morgan fingerprint density at radius 3 is 2.75 bits per heavy atom. The number of ether oxygens (including phenoxy) is 3. The molecule has 2 aromatic carbocycles. The van der Waals surface area contributed by atoms with Crippen molar-refractivity contribution in [3.8, 4) is 28.6 Å². The molecule has 10 nitrogen and oxygen atoms in total. The highest BCUT2D eigenvalue weighted by molar-refractivity contribution is 6.04. The maximum absolute atomic E-state index is 14.2. The van der Waals surface area contributed by atoms with Gasteiger partial charge in [-0.25, -0.2) is 4.98 Å². The first-order valence-electron chi connectivity index (χ1n) is 15.3. The van der Waals surface area contributed by atoms with Crippen LogP contribution < -0.4 is 9.47 Å². The molecule has 2 aliphatic heterocycles. The van der Waals surface area contributed by atoms with Gasteiger partial charge in [-0.2, -0.15) is 0 Å². The predicted molar refractivity (Wildman–Crippen MR) is 165 cm³/mol. The van der Waals surface area contributed by atoms with Crippen LogP contribution in [0.1, 0.15) is 56.1 Å². The minimum absolute atomic E-state index is 0.107. The SMILES string of the molecule is COc1ccc2cc1OCCN(C(=O)c1[nH]c3c(c1C)C(=O)CCC3)Cc1cc(CN3CCOCC3)cc(c1)-n1ccnc1-2. The van der Waals surface area contributed by atoms with Gasteiger partial charge in [-0.15, -0.1) is 0 Å². The largest absolute Gasteiger partial charge is 0.493 e. The zero-order valence-electron chi connectivity index (χ0n) is 25.2. The van der Waals surface area contributed by atoms with Crippen molar-refractivity contribution in [2.45, 2.75) is 39.3 Å². The smallest absolute Gasteiger partial charge is 0.270 e. The number of methoxy groups -OCH3 is 1. The van der Waals surface area contributed by atoms with Gasteiger partial charge in [0.2, 0.25) is 0 Å². The number of benzene rings is 2. The van der Waals surface area contributed by atoms with Gasteiger partial charge in [0.15, 0.2) is 17.3 Å². The van der Waals surface area contributed by atoms with E-state index < -0.39 is 0 Å². The van der Waals surface area contributed by atoms with E-state index in [4.69, 9.17) is 19.2 Å². The van der Waals surface area contributed by atoms with Gasteiger partial charge < -0.3 is 24.1 Å². The van der Waals surface area contributed by atoms with Gasteiger partial charge in [0.25, 0.3) is 5.91 Å². The minimum atomic E-state index is -0.146. The van der Waals surface area contributed by atoms with E-state index in [1.807, 2.05) is 36.2 Å². The molecule has 1 fully saturated rings. The Kier molecular flexibility index (Phi) is 7.69. The molecule has 228 valence electrons. The van der Waals surface area contributed by atoms with Crippen LogP contribution in [0.3, 0.4) is 0 Å². The first-order valence-corrected chi connectivity index (χ1v) is 15.3. The van der Waals surface area contributed by atoms with Crippen LogP contribution in [0.25, 0.3) is 17.1 Å². The predicted octanol–water partition coefficient (Wildman–Crippen LogP) is 4.57. The lowest BCUT2D eigenvalue weighted by Crippen LogP contribution is -2.36. The molecule has 3 aliphatic rings. The summed E-state index contributed by atoms with van der Waals surface area (Å²) in [4.78, 5) is 39.2. The summed E-state index contributed by atoms with van der Waals surface area (Å²) in [6.07, 6.45) is 5.85. The third-order valence-electron chi connectivity index (χ3n) is 8.82. The highest BCUT2D eigenvalue weighted by Crippen LogP contribution is 2.34. The lowest BCUT2D eigenvalue weighted by atomic mass is 9.93. The van der Waals surface area contributed by atoms with Crippen molar-refractivity contribution in [3.63, 3.8) is 0 Å². The zero-order chi connectivity index (χ0) is 30.2. The number of carbonyl (C=O) groups is 2. The number of aryl methyl sites for hydroxylation is 1. The Hall–Kier alpha value is -4.41. The van der Waals surface area contributed by atoms with E-state index in [-0.39, 0.29) is 18.3 Å². The molecule has 4 bridgehead atoms. The van der Waals surface area contributed by atoms with Gasteiger partial charge in [-0.05, 0) is 66.8 Å². The van der Waals surface area contributed by atoms with Gasteiger partial charge in [0, 0.05) is 67.5 Å². The number of morpholine rings is 1. The second kappa shape index (κ2) is 11.9. The Morgan fingerprint density at radius 1 is 1.07 bits per heavy atom. The summed E-state index contributed by atoms with van der Waals surface area (Å²) in [5, 5.41) is 0. The maximum atomic E-state index is 14.2. The second-order valence-electron chi connectivity index (χ2n) is 11.7. The van der Waals surface area contributed by atoms with Gasteiger partial charge in [0.05, 0.1) is 26.9 Å². The number of amides is 1. The summed E-state index contributed by atoms with van der Waals surface area (Å²) in [5.74, 6) is 1.95. The Morgan fingerprint density at radius 2 is 1.93 bits per heavy atom. The van der Waals surface area contributed by atoms with Crippen LogP contribution in [0.5, 0.6) is 11.5 Å². The normalized spacial score (nSPS) is 17.0. The van der Waals surface area contributed by atoms with Gasteiger partial charge in [-0.1, -0.05) is 6.07 Å².